The van der Waals surface area contributed by atoms with Gasteiger partial charge in [0.1, 0.15) is 5.75 Å². The summed E-state index contributed by atoms with van der Waals surface area (Å²) in [6, 6.07) is 16.1. The summed E-state index contributed by atoms with van der Waals surface area (Å²) in [5.74, 6) is 1.48. The second-order valence-electron chi connectivity index (χ2n) is 9.08. The minimum Gasteiger partial charge on any atom is -0.496 e. The summed E-state index contributed by atoms with van der Waals surface area (Å²) in [5.41, 5.74) is 3.18. The second kappa shape index (κ2) is 10.7. The van der Waals surface area contributed by atoms with Gasteiger partial charge in [-0.15, -0.1) is 0 Å². The van der Waals surface area contributed by atoms with Crippen molar-refractivity contribution < 1.29 is 14.3 Å². The molecule has 1 saturated carbocycles. The van der Waals surface area contributed by atoms with Crippen molar-refractivity contribution >= 4 is 11.8 Å². The molecule has 0 unspecified atom stereocenters. The molecule has 0 bridgehead atoms. The summed E-state index contributed by atoms with van der Waals surface area (Å²) in [5, 5.41) is 3.02. The number of amides is 2. The molecular weight excluding hydrogens is 400 g/mol. The molecule has 32 heavy (non-hydrogen) atoms. The van der Waals surface area contributed by atoms with E-state index in [1.165, 1.54) is 25.7 Å². The summed E-state index contributed by atoms with van der Waals surface area (Å²) in [7, 11) is 1.68. The van der Waals surface area contributed by atoms with Crippen molar-refractivity contribution in [3.63, 3.8) is 0 Å². The fourth-order valence-electron chi connectivity index (χ4n) is 5.16. The molecule has 5 heteroatoms. The van der Waals surface area contributed by atoms with Gasteiger partial charge < -0.3 is 15.0 Å². The van der Waals surface area contributed by atoms with Crippen molar-refractivity contribution in [2.75, 3.05) is 26.7 Å². The van der Waals surface area contributed by atoms with Crippen molar-refractivity contribution in [2.24, 2.45) is 11.8 Å². The van der Waals surface area contributed by atoms with Crippen molar-refractivity contribution in [1.29, 1.82) is 0 Å². The fourth-order valence-corrected chi connectivity index (χ4v) is 5.16. The van der Waals surface area contributed by atoms with Crippen LogP contribution in [-0.2, 0) is 16.0 Å². The third-order valence-corrected chi connectivity index (χ3v) is 6.97. The lowest BCUT2D eigenvalue weighted by Crippen LogP contribution is -2.37. The number of nitrogens with zero attached hydrogens (tertiary/aromatic N) is 1. The van der Waals surface area contributed by atoms with Crippen molar-refractivity contribution in [2.45, 2.75) is 44.9 Å². The first-order valence-electron chi connectivity index (χ1n) is 11.9. The number of para-hydroxylation sites is 1. The largest absolute Gasteiger partial charge is 0.496 e. The van der Waals surface area contributed by atoms with E-state index in [-0.39, 0.29) is 17.7 Å². The van der Waals surface area contributed by atoms with Crippen LogP contribution in [0.15, 0.2) is 48.5 Å². The molecule has 0 spiro atoms. The highest BCUT2D eigenvalue weighted by atomic mass is 16.5. The Balaban J connectivity index is 1.49. The Morgan fingerprint density at radius 3 is 2.56 bits per heavy atom. The summed E-state index contributed by atoms with van der Waals surface area (Å²) in [6.45, 7) is 1.61. The molecule has 0 radical (unpaired) electrons. The van der Waals surface area contributed by atoms with Crippen LogP contribution in [0.5, 0.6) is 5.75 Å². The molecule has 1 aliphatic heterocycles. The number of ether oxygens (including phenoxy) is 1. The zero-order valence-corrected chi connectivity index (χ0v) is 19.0. The molecule has 4 rings (SSSR count). The number of benzene rings is 2. The molecule has 2 fully saturated rings. The van der Waals surface area contributed by atoms with Crippen LogP contribution in [-0.4, -0.2) is 43.5 Å². The molecule has 2 aliphatic rings. The van der Waals surface area contributed by atoms with Crippen LogP contribution >= 0.6 is 0 Å². The second-order valence-corrected chi connectivity index (χ2v) is 9.08. The number of nitrogens with one attached hydrogen (secondary N) is 1. The normalized spacial score (nSPS) is 19.5. The average Bonchev–Trinajstić information content (AvgIpc) is 3.28. The van der Waals surface area contributed by atoms with Gasteiger partial charge in [0.25, 0.3) is 0 Å². The Hall–Kier alpha value is -2.82. The van der Waals surface area contributed by atoms with Gasteiger partial charge in [0.2, 0.25) is 11.8 Å². The lowest BCUT2D eigenvalue weighted by Gasteiger charge is -2.24. The Morgan fingerprint density at radius 1 is 1.06 bits per heavy atom. The van der Waals surface area contributed by atoms with Gasteiger partial charge >= 0.3 is 0 Å². The lowest BCUT2D eigenvalue weighted by molar-refractivity contribution is -0.132. The molecule has 0 aromatic heterocycles. The third kappa shape index (κ3) is 5.32. The first-order valence-corrected chi connectivity index (χ1v) is 11.9. The summed E-state index contributed by atoms with van der Waals surface area (Å²) in [6.07, 6.45) is 7.29. The highest BCUT2D eigenvalue weighted by molar-refractivity contribution is 5.83. The Labute approximate surface area is 191 Å². The minimum atomic E-state index is -0.260. The van der Waals surface area contributed by atoms with E-state index in [1.807, 2.05) is 41.3 Å². The smallest absolute Gasteiger partial charge is 0.225 e. The van der Waals surface area contributed by atoms with Gasteiger partial charge in [-0.3, -0.25) is 9.59 Å². The van der Waals surface area contributed by atoms with Gasteiger partial charge in [-0.25, -0.2) is 0 Å². The molecule has 2 aromatic carbocycles. The third-order valence-electron chi connectivity index (χ3n) is 6.97. The van der Waals surface area contributed by atoms with E-state index in [9.17, 15) is 9.59 Å². The SMILES string of the molecule is COc1ccccc1-c1ccccc1C[C@@H]1CN(C(=O)CCC2CCCC2)CCNC1=O. The van der Waals surface area contributed by atoms with Crippen LogP contribution in [0.25, 0.3) is 11.1 Å². The van der Waals surface area contributed by atoms with Gasteiger partial charge in [0, 0.05) is 31.6 Å². The quantitative estimate of drug-likeness (QED) is 0.700. The monoisotopic (exact) mass is 434 g/mol. The van der Waals surface area contributed by atoms with Crippen LogP contribution in [0.4, 0.5) is 0 Å². The molecule has 1 heterocycles. The molecule has 1 N–H and O–H groups in total. The lowest BCUT2D eigenvalue weighted by atomic mass is 9.91. The van der Waals surface area contributed by atoms with Crippen molar-refractivity contribution in [3.05, 3.63) is 54.1 Å². The maximum Gasteiger partial charge on any atom is 0.225 e. The van der Waals surface area contributed by atoms with E-state index < -0.39 is 0 Å². The van der Waals surface area contributed by atoms with Crippen LogP contribution < -0.4 is 10.1 Å². The molecule has 2 amide bonds. The van der Waals surface area contributed by atoms with Crippen LogP contribution in [0.1, 0.15) is 44.1 Å². The standard InChI is InChI=1S/C27H34N2O3/c1-32-25-13-7-6-12-24(25)23-11-5-4-10-21(23)18-22-19-29(17-16-28-27(22)31)26(30)15-14-20-8-2-3-9-20/h4-7,10-13,20,22H,2-3,8-9,14-19H2,1H3,(H,28,31)/t22-/m1/s1. The van der Waals surface area contributed by atoms with E-state index in [4.69, 9.17) is 4.74 Å². The van der Waals surface area contributed by atoms with E-state index in [2.05, 4.69) is 17.4 Å². The molecule has 1 atom stereocenters. The predicted octanol–water partition coefficient (Wildman–Crippen LogP) is 4.45. The molecular formula is C27H34N2O3. The van der Waals surface area contributed by atoms with Crippen molar-refractivity contribution in [1.82, 2.24) is 10.2 Å². The summed E-state index contributed by atoms with van der Waals surface area (Å²) in [4.78, 5) is 27.7. The van der Waals surface area contributed by atoms with Gasteiger partial charge in [-0.2, -0.15) is 0 Å². The zero-order valence-electron chi connectivity index (χ0n) is 19.0. The first-order chi connectivity index (χ1) is 15.7. The number of hydrogen-bond acceptors (Lipinski definition) is 3. The zero-order chi connectivity index (χ0) is 22.3. The fraction of sp³-hybridized carbons (Fsp3) is 0.481. The number of carbonyl (C=O) groups is 2. The van der Waals surface area contributed by atoms with Gasteiger partial charge in [0.15, 0.2) is 0 Å². The van der Waals surface area contributed by atoms with Crippen molar-refractivity contribution in [3.8, 4) is 16.9 Å². The highest BCUT2D eigenvalue weighted by Gasteiger charge is 2.29. The number of hydrogen-bond donors (Lipinski definition) is 1. The molecule has 1 aliphatic carbocycles. The number of carbonyl (C=O) groups excluding carboxylic acids is 2. The van der Waals surface area contributed by atoms with Crippen LogP contribution in [0, 0.1) is 11.8 Å². The maximum absolute atomic E-state index is 13.0. The highest BCUT2D eigenvalue weighted by Crippen LogP contribution is 2.33. The molecule has 5 nitrogen and oxygen atoms in total. The van der Waals surface area contributed by atoms with Crippen LogP contribution in [0.3, 0.4) is 0 Å². The first kappa shape index (κ1) is 22.4. The molecule has 2 aromatic rings. The van der Waals surface area contributed by atoms with Crippen LogP contribution in [0.2, 0.25) is 0 Å². The molecule has 1 saturated heterocycles. The molecule has 170 valence electrons. The minimum absolute atomic E-state index is 0.0333. The Bertz CT molecular complexity index is 936. The van der Waals surface area contributed by atoms with Gasteiger partial charge in [0.05, 0.1) is 13.0 Å². The summed E-state index contributed by atoms with van der Waals surface area (Å²) >= 11 is 0. The van der Waals surface area contributed by atoms with E-state index in [1.54, 1.807) is 7.11 Å². The Morgan fingerprint density at radius 2 is 1.78 bits per heavy atom. The van der Waals surface area contributed by atoms with E-state index in [0.717, 1.165) is 28.9 Å². The van der Waals surface area contributed by atoms with Gasteiger partial charge in [-0.1, -0.05) is 68.1 Å². The van der Waals surface area contributed by atoms with Gasteiger partial charge in [-0.05, 0) is 36.0 Å². The average molecular weight is 435 g/mol. The number of rotatable bonds is 7. The summed E-state index contributed by atoms with van der Waals surface area (Å²) < 4.78 is 5.57. The van der Waals surface area contributed by atoms with E-state index in [0.29, 0.717) is 38.4 Å². The maximum atomic E-state index is 13.0. The number of methoxy groups -OCH3 is 1. The predicted molar refractivity (Wildman–Crippen MR) is 126 cm³/mol. The topological polar surface area (TPSA) is 58.6 Å². The Kier molecular flexibility index (Phi) is 7.46. The van der Waals surface area contributed by atoms with E-state index >= 15 is 0 Å².